The van der Waals surface area contributed by atoms with E-state index in [-0.39, 0.29) is 0 Å². The van der Waals surface area contributed by atoms with Crippen molar-refractivity contribution in [3.8, 4) is 0 Å². The van der Waals surface area contributed by atoms with Crippen molar-refractivity contribution in [2.75, 3.05) is 32.7 Å². The lowest BCUT2D eigenvalue weighted by atomic mass is 10.0. The topological polar surface area (TPSA) is 45.4 Å². The molecule has 2 atom stereocenters. The Morgan fingerprint density at radius 1 is 1.39 bits per heavy atom. The maximum Gasteiger partial charge on any atom is 0.0475 e. The molecule has 0 bridgehead atoms. The fraction of sp³-hybridized carbons (Fsp3) is 0.643. The molecule has 0 amide bonds. The van der Waals surface area contributed by atoms with E-state index >= 15 is 0 Å². The highest BCUT2D eigenvalue weighted by Crippen LogP contribution is 2.24. The van der Waals surface area contributed by atoms with Crippen LogP contribution in [-0.2, 0) is 0 Å². The van der Waals surface area contributed by atoms with Crippen molar-refractivity contribution in [3.63, 3.8) is 0 Å². The first-order valence-electron chi connectivity index (χ1n) is 6.84. The van der Waals surface area contributed by atoms with Gasteiger partial charge in [0.25, 0.3) is 0 Å². The normalized spacial score (nSPS) is 24.1. The average molecular weight is 248 g/mol. The number of hydrogen-bond donors (Lipinski definition) is 1. The molecule has 1 fully saturated rings. The van der Waals surface area contributed by atoms with E-state index in [1.54, 1.807) is 0 Å². The molecule has 1 saturated heterocycles. The van der Waals surface area contributed by atoms with Gasteiger partial charge in [-0.3, -0.25) is 9.88 Å². The van der Waals surface area contributed by atoms with Crippen LogP contribution in [0.4, 0.5) is 0 Å². The Morgan fingerprint density at radius 2 is 2.11 bits per heavy atom. The molecule has 2 N–H and O–H groups in total. The SMILES string of the molecule is CCN1CCN(C(CN)c2ccncc2)C(C)C1. The molecule has 2 heterocycles. The van der Waals surface area contributed by atoms with Gasteiger partial charge in [0.1, 0.15) is 0 Å². The van der Waals surface area contributed by atoms with Crippen molar-refractivity contribution >= 4 is 0 Å². The predicted octanol–water partition coefficient (Wildman–Crippen LogP) is 1.11. The Labute approximate surface area is 110 Å². The summed E-state index contributed by atoms with van der Waals surface area (Å²) in [6.45, 7) is 9.71. The summed E-state index contributed by atoms with van der Waals surface area (Å²) >= 11 is 0. The first kappa shape index (κ1) is 13.5. The van der Waals surface area contributed by atoms with E-state index in [4.69, 9.17) is 5.73 Å². The van der Waals surface area contributed by atoms with E-state index < -0.39 is 0 Å². The van der Waals surface area contributed by atoms with Crippen LogP contribution in [-0.4, -0.2) is 53.5 Å². The van der Waals surface area contributed by atoms with Gasteiger partial charge in [0.05, 0.1) is 0 Å². The van der Waals surface area contributed by atoms with Gasteiger partial charge in [0.2, 0.25) is 0 Å². The van der Waals surface area contributed by atoms with Gasteiger partial charge in [-0.15, -0.1) is 0 Å². The first-order chi connectivity index (χ1) is 8.76. The highest BCUT2D eigenvalue weighted by Gasteiger charge is 2.28. The minimum Gasteiger partial charge on any atom is -0.329 e. The van der Waals surface area contributed by atoms with Gasteiger partial charge in [-0.05, 0) is 31.2 Å². The standard InChI is InChI=1S/C14H24N4/c1-3-17-8-9-18(12(2)11-17)14(10-15)13-4-6-16-7-5-13/h4-7,12,14H,3,8-11,15H2,1-2H3. The summed E-state index contributed by atoms with van der Waals surface area (Å²) in [5, 5.41) is 0. The van der Waals surface area contributed by atoms with Crippen LogP contribution in [0.1, 0.15) is 25.5 Å². The lowest BCUT2D eigenvalue weighted by Gasteiger charge is -2.43. The zero-order chi connectivity index (χ0) is 13.0. The van der Waals surface area contributed by atoms with Crippen LogP contribution in [0.15, 0.2) is 24.5 Å². The lowest BCUT2D eigenvalue weighted by molar-refractivity contribution is 0.0536. The number of likely N-dealkylation sites (N-methyl/N-ethyl adjacent to an activating group) is 1. The number of aromatic nitrogens is 1. The smallest absolute Gasteiger partial charge is 0.0475 e. The fourth-order valence-electron chi connectivity index (χ4n) is 2.85. The third-order valence-electron chi connectivity index (χ3n) is 3.92. The molecule has 100 valence electrons. The highest BCUT2D eigenvalue weighted by atomic mass is 15.3. The van der Waals surface area contributed by atoms with Crippen molar-refractivity contribution in [1.29, 1.82) is 0 Å². The Balaban J connectivity index is 2.09. The predicted molar refractivity (Wildman–Crippen MR) is 74.3 cm³/mol. The third kappa shape index (κ3) is 2.88. The summed E-state index contributed by atoms with van der Waals surface area (Å²) in [6, 6.07) is 5.04. The van der Waals surface area contributed by atoms with Crippen LogP contribution in [0.3, 0.4) is 0 Å². The number of hydrogen-bond acceptors (Lipinski definition) is 4. The van der Waals surface area contributed by atoms with E-state index in [0.717, 1.165) is 26.2 Å². The van der Waals surface area contributed by atoms with Gasteiger partial charge < -0.3 is 10.6 Å². The second-order valence-corrected chi connectivity index (χ2v) is 5.01. The monoisotopic (exact) mass is 248 g/mol. The number of nitrogens with zero attached hydrogens (tertiary/aromatic N) is 3. The molecule has 1 aromatic heterocycles. The molecule has 18 heavy (non-hydrogen) atoms. The van der Waals surface area contributed by atoms with Gasteiger partial charge in [-0.1, -0.05) is 6.92 Å². The number of piperazine rings is 1. The van der Waals surface area contributed by atoms with Gasteiger partial charge >= 0.3 is 0 Å². The Morgan fingerprint density at radius 3 is 2.67 bits per heavy atom. The van der Waals surface area contributed by atoms with E-state index in [1.165, 1.54) is 5.56 Å². The quantitative estimate of drug-likeness (QED) is 0.867. The molecule has 1 aliphatic heterocycles. The van der Waals surface area contributed by atoms with Crippen LogP contribution in [0, 0.1) is 0 Å². The van der Waals surface area contributed by atoms with Crippen molar-refractivity contribution in [2.24, 2.45) is 5.73 Å². The molecule has 2 rings (SSSR count). The van der Waals surface area contributed by atoms with Gasteiger partial charge in [-0.2, -0.15) is 0 Å². The zero-order valence-electron chi connectivity index (χ0n) is 11.4. The summed E-state index contributed by atoms with van der Waals surface area (Å²) in [6.07, 6.45) is 3.70. The van der Waals surface area contributed by atoms with E-state index in [0.29, 0.717) is 18.6 Å². The molecule has 4 heteroatoms. The summed E-state index contributed by atoms with van der Waals surface area (Å²) in [5.41, 5.74) is 7.27. The van der Waals surface area contributed by atoms with E-state index in [9.17, 15) is 0 Å². The van der Waals surface area contributed by atoms with Crippen LogP contribution in [0.2, 0.25) is 0 Å². The average Bonchev–Trinajstić information content (AvgIpc) is 2.42. The Kier molecular flexibility index (Phi) is 4.69. The molecular formula is C14H24N4. The second-order valence-electron chi connectivity index (χ2n) is 5.01. The molecule has 1 aromatic rings. The maximum atomic E-state index is 5.99. The largest absolute Gasteiger partial charge is 0.329 e. The Hall–Kier alpha value is -0.970. The molecule has 0 aromatic carbocycles. The molecule has 1 aliphatic rings. The number of rotatable bonds is 4. The van der Waals surface area contributed by atoms with Crippen molar-refractivity contribution in [3.05, 3.63) is 30.1 Å². The molecular weight excluding hydrogens is 224 g/mol. The maximum absolute atomic E-state index is 5.99. The van der Waals surface area contributed by atoms with Crippen LogP contribution >= 0.6 is 0 Å². The molecule has 2 unspecified atom stereocenters. The van der Waals surface area contributed by atoms with Crippen LogP contribution in [0.25, 0.3) is 0 Å². The summed E-state index contributed by atoms with van der Waals surface area (Å²) in [4.78, 5) is 9.11. The van der Waals surface area contributed by atoms with Crippen molar-refractivity contribution in [1.82, 2.24) is 14.8 Å². The van der Waals surface area contributed by atoms with Gasteiger partial charge in [0.15, 0.2) is 0 Å². The highest BCUT2D eigenvalue weighted by molar-refractivity contribution is 5.16. The molecule has 0 spiro atoms. The second kappa shape index (κ2) is 6.27. The van der Waals surface area contributed by atoms with Crippen LogP contribution in [0.5, 0.6) is 0 Å². The lowest BCUT2D eigenvalue weighted by Crippen LogP contribution is -2.53. The fourth-order valence-corrected chi connectivity index (χ4v) is 2.85. The molecule has 0 saturated carbocycles. The van der Waals surface area contributed by atoms with Gasteiger partial charge in [0, 0.05) is 50.7 Å². The van der Waals surface area contributed by atoms with Gasteiger partial charge in [-0.25, -0.2) is 0 Å². The van der Waals surface area contributed by atoms with Crippen molar-refractivity contribution < 1.29 is 0 Å². The minimum absolute atomic E-state index is 0.321. The molecule has 0 radical (unpaired) electrons. The first-order valence-corrected chi connectivity index (χ1v) is 6.84. The summed E-state index contributed by atoms with van der Waals surface area (Å²) in [7, 11) is 0. The minimum atomic E-state index is 0.321. The Bertz CT molecular complexity index is 354. The van der Waals surface area contributed by atoms with E-state index in [2.05, 4.69) is 40.8 Å². The van der Waals surface area contributed by atoms with Crippen molar-refractivity contribution in [2.45, 2.75) is 25.9 Å². The van der Waals surface area contributed by atoms with Crippen LogP contribution < -0.4 is 5.73 Å². The summed E-state index contributed by atoms with van der Waals surface area (Å²) < 4.78 is 0. The molecule has 0 aliphatic carbocycles. The number of nitrogens with two attached hydrogens (primary N) is 1. The summed E-state index contributed by atoms with van der Waals surface area (Å²) in [5.74, 6) is 0. The zero-order valence-corrected chi connectivity index (χ0v) is 11.4. The third-order valence-corrected chi connectivity index (χ3v) is 3.92. The number of pyridine rings is 1. The van der Waals surface area contributed by atoms with E-state index in [1.807, 2.05) is 12.4 Å². The molecule has 4 nitrogen and oxygen atoms in total.